The first kappa shape index (κ1) is 11.9. The Hall–Kier alpha value is -1.16. The third-order valence-corrected chi connectivity index (χ3v) is 2.70. The molecule has 0 heterocycles. The summed E-state index contributed by atoms with van der Waals surface area (Å²) in [6, 6.07) is 4.95. The van der Waals surface area contributed by atoms with Gasteiger partial charge in [0.15, 0.2) is 0 Å². The number of benzene rings is 1. The molecule has 0 aromatic heterocycles. The third-order valence-electron chi connectivity index (χ3n) is 2.07. The van der Waals surface area contributed by atoms with E-state index in [4.69, 9.17) is 5.11 Å². The Morgan fingerprint density at radius 1 is 1.40 bits per heavy atom. The maximum absolute atomic E-state index is 11.1. The highest BCUT2D eigenvalue weighted by Gasteiger charge is 2.08. The molecule has 0 saturated heterocycles. The lowest BCUT2D eigenvalue weighted by Gasteiger charge is -2.03. The predicted molar refractivity (Wildman–Crippen MR) is 60.6 cm³/mol. The molecule has 1 N–H and O–H groups in total. The average molecular weight is 271 g/mol. The van der Waals surface area contributed by atoms with Gasteiger partial charge in [0.1, 0.15) is 5.78 Å². The standard InChI is InChI=1S/C11H11BrO3/c1-7-4-8(5-9(13)6-12)2-3-10(7)11(14)15/h2-4H,5-6H2,1H3,(H,14,15). The maximum Gasteiger partial charge on any atom is 0.335 e. The van der Waals surface area contributed by atoms with Crippen molar-refractivity contribution in [3.63, 3.8) is 0 Å². The summed E-state index contributed by atoms with van der Waals surface area (Å²) < 4.78 is 0. The van der Waals surface area contributed by atoms with Gasteiger partial charge in [-0.15, -0.1) is 0 Å². The Morgan fingerprint density at radius 2 is 2.07 bits per heavy atom. The summed E-state index contributed by atoms with van der Waals surface area (Å²) in [6.45, 7) is 1.73. The van der Waals surface area contributed by atoms with E-state index in [0.717, 1.165) is 5.56 Å². The van der Waals surface area contributed by atoms with Crippen LogP contribution in [-0.2, 0) is 11.2 Å². The maximum atomic E-state index is 11.1. The van der Waals surface area contributed by atoms with Crippen LogP contribution in [0, 0.1) is 6.92 Å². The van der Waals surface area contributed by atoms with Crippen molar-refractivity contribution < 1.29 is 14.7 Å². The molecule has 0 fully saturated rings. The number of halogens is 1. The minimum Gasteiger partial charge on any atom is -0.478 e. The van der Waals surface area contributed by atoms with Crippen LogP contribution >= 0.6 is 15.9 Å². The van der Waals surface area contributed by atoms with Crippen molar-refractivity contribution in [2.45, 2.75) is 13.3 Å². The Bertz CT molecular complexity index is 399. The smallest absolute Gasteiger partial charge is 0.335 e. The molecular weight excluding hydrogens is 260 g/mol. The van der Waals surface area contributed by atoms with Crippen LogP contribution in [0.2, 0.25) is 0 Å². The van der Waals surface area contributed by atoms with Crippen LogP contribution in [0.5, 0.6) is 0 Å². The zero-order chi connectivity index (χ0) is 11.4. The van der Waals surface area contributed by atoms with Crippen molar-refractivity contribution >= 4 is 27.7 Å². The number of aromatic carboxylic acids is 1. The number of alkyl halides is 1. The van der Waals surface area contributed by atoms with E-state index in [2.05, 4.69) is 15.9 Å². The van der Waals surface area contributed by atoms with Gasteiger partial charge in [0.2, 0.25) is 0 Å². The second-order valence-electron chi connectivity index (χ2n) is 3.30. The lowest BCUT2D eigenvalue weighted by Crippen LogP contribution is -2.05. The topological polar surface area (TPSA) is 54.4 Å². The molecule has 0 radical (unpaired) electrons. The van der Waals surface area contributed by atoms with Gasteiger partial charge in [-0.05, 0) is 24.1 Å². The molecule has 0 aliphatic heterocycles. The molecule has 0 bridgehead atoms. The summed E-state index contributed by atoms with van der Waals surface area (Å²) in [5, 5.41) is 9.14. The van der Waals surface area contributed by atoms with E-state index in [0.29, 0.717) is 17.3 Å². The Labute approximate surface area is 96.2 Å². The van der Waals surface area contributed by atoms with E-state index >= 15 is 0 Å². The largest absolute Gasteiger partial charge is 0.478 e. The van der Waals surface area contributed by atoms with Crippen LogP contribution in [0.4, 0.5) is 0 Å². The van der Waals surface area contributed by atoms with Crippen LogP contribution in [0.25, 0.3) is 0 Å². The summed E-state index contributed by atoms with van der Waals surface area (Å²) in [6.07, 6.45) is 0.339. The van der Waals surface area contributed by atoms with Gasteiger partial charge in [0.25, 0.3) is 0 Å². The van der Waals surface area contributed by atoms with Gasteiger partial charge in [0.05, 0.1) is 10.9 Å². The first-order valence-electron chi connectivity index (χ1n) is 4.45. The average Bonchev–Trinajstić information content (AvgIpc) is 2.17. The minimum atomic E-state index is -0.939. The number of carbonyl (C=O) groups excluding carboxylic acids is 1. The third kappa shape index (κ3) is 3.16. The van der Waals surface area contributed by atoms with Crippen LogP contribution < -0.4 is 0 Å². The first-order valence-corrected chi connectivity index (χ1v) is 5.57. The van der Waals surface area contributed by atoms with Crippen molar-refractivity contribution in [2.24, 2.45) is 0 Å². The van der Waals surface area contributed by atoms with E-state index in [9.17, 15) is 9.59 Å². The van der Waals surface area contributed by atoms with Gasteiger partial charge in [-0.3, -0.25) is 4.79 Å². The second-order valence-corrected chi connectivity index (χ2v) is 3.86. The van der Waals surface area contributed by atoms with Gasteiger partial charge in [-0.1, -0.05) is 28.1 Å². The van der Waals surface area contributed by atoms with Crippen molar-refractivity contribution in [1.82, 2.24) is 0 Å². The zero-order valence-electron chi connectivity index (χ0n) is 8.29. The summed E-state index contributed by atoms with van der Waals surface area (Å²) >= 11 is 3.08. The summed E-state index contributed by atoms with van der Waals surface area (Å²) in [5.74, 6) is -0.858. The Balaban J connectivity index is 2.91. The van der Waals surface area contributed by atoms with Gasteiger partial charge in [0, 0.05) is 6.42 Å². The molecular formula is C11H11BrO3. The van der Waals surface area contributed by atoms with Gasteiger partial charge >= 0.3 is 5.97 Å². The first-order chi connectivity index (χ1) is 7.04. The number of hydrogen-bond acceptors (Lipinski definition) is 2. The molecule has 1 aromatic carbocycles. The number of ketones is 1. The molecule has 0 saturated carbocycles. The van der Waals surface area contributed by atoms with E-state index in [1.807, 2.05) is 0 Å². The molecule has 0 atom stereocenters. The van der Waals surface area contributed by atoms with E-state index in [1.165, 1.54) is 6.07 Å². The fourth-order valence-electron chi connectivity index (χ4n) is 1.35. The Morgan fingerprint density at radius 3 is 2.53 bits per heavy atom. The van der Waals surface area contributed by atoms with E-state index in [-0.39, 0.29) is 11.3 Å². The summed E-state index contributed by atoms with van der Waals surface area (Å²) in [4.78, 5) is 21.9. The van der Waals surface area contributed by atoms with Gasteiger partial charge < -0.3 is 5.11 Å². The highest BCUT2D eigenvalue weighted by Crippen LogP contribution is 2.12. The predicted octanol–water partition coefficient (Wildman–Crippen LogP) is 2.20. The number of Topliss-reactive ketones (excluding diaryl/α,β-unsaturated/α-hetero) is 1. The van der Waals surface area contributed by atoms with Crippen LogP contribution in [0.15, 0.2) is 18.2 Å². The second kappa shape index (κ2) is 5.07. The van der Waals surface area contributed by atoms with Crippen LogP contribution in [0.3, 0.4) is 0 Å². The lowest BCUT2D eigenvalue weighted by atomic mass is 10.0. The van der Waals surface area contributed by atoms with Crippen molar-refractivity contribution in [3.05, 3.63) is 34.9 Å². The fraction of sp³-hybridized carbons (Fsp3) is 0.273. The minimum absolute atomic E-state index is 0.0810. The number of rotatable bonds is 4. The van der Waals surface area contributed by atoms with Gasteiger partial charge in [-0.25, -0.2) is 4.79 Å². The van der Waals surface area contributed by atoms with E-state index < -0.39 is 5.97 Å². The molecule has 0 spiro atoms. The van der Waals surface area contributed by atoms with Crippen LogP contribution in [-0.4, -0.2) is 22.2 Å². The molecule has 1 aromatic rings. The van der Waals surface area contributed by atoms with Crippen molar-refractivity contribution in [2.75, 3.05) is 5.33 Å². The number of carbonyl (C=O) groups is 2. The Kier molecular flexibility index (Phi) is 4.03. The van der Waals surface area contributed by atoms with E-state index in [1.54, 1.807) is 19.1 Å². The zero-order valence-corrected chi connectivity index (χ0v) is 9.87. The fourth-order valence-corrected chi connectivity index (χ4v) is 1.55. The molecule has 0 unspecified atom stereocenters. The molecule has 80 valence electrons. The van der Waals surface area contributed by atoms with Crippen molar-refractivity contribution in [3.8, 4) is 0 Å². The SMILES string of the molecule is Cc1cc(CC(=O)CBr)ccc1C(=O)O. The van der Waals surface area contributed by atoms with Crippen LogP contribution in [0.1, 0.15) is 21.5 Å². The molecule has 3 nitrogen and oxygen atoms in total. The molecule has 0 amide bonds. The lowest BCUT2D eigenvalue weighted by molar-refractivity contribution is -0.115. The number of aryl methyl sites for hydroxylation is 1. The molecule has 4 heteroatoms. The summed E-state index contributed by atoms with van der Waals surface area (Å²) in [5.41, 5.74) is 1.81. The number of carboxylic acid groups (broad SMARTS) is 1. The normalized spacial score (nSPS) is 10.0. The van der Waals surface area contributed by atoms with Gasteiger partial charge in [-0.2, -0.15) is 0 Å². The summed E-state index contributed by atoms with van der Waals surface area (Å²) in [7, 11) is 0. The molecule has 15 heavy (non-hydrogen) atoms. The van der Waals surface area contributed by atoms with Crippen molar-refractivity contribution in [1.29, 1.82) is 0 Å². The number of hydrogen-bond donors (Lipinski definition) is 1. The monoisotopic (exact) mass is 270 g/mol. The molecule has 0 aliphatic rings. The number of carboxylic acids is 1. The molecule has 0 aliphatic carbocycles. The highest BCUT2D eigenvalue weighted by atomic mass is 79.9. The quantitative estimate of drug-likeness (QED) is 0.854. The molecule has 1 rings (SSSR count). The highest BCUT2D eigenvalue weighted by molar-refractivity contribution is 9.09.